The van der Waals surface area contributed by atoms with Gasteiger partial charge >= 0.3 is 7.82 Å². The van der Waals surface area contributed by atoms with Crippen molar-refractivity contribution in [3.05, 3.63) is 30.1 Å². The molecular formula is C6H8FO7PS. The topological polar surface area (TPSA) is 132 Å². The molecule has 0 aliphatic rings. The first-order valence-corrected chi connectivity index (χ1v) is 6.52. The molecule has 0 bridgehead atoms. The number of hydrogen-bond donors (Lipinski definition) is 4. The van der Waals surface area contributed by atoms with Crippen LogP contribution in [0.1, 0.15) is 0 Å². The highest BCUT2D eigenvalue weighted by molar-refractivity contribution is 7.85. The normalized spacial score (nSPS) is 11.6. The molecule has 1 rings (SSSR count). The van der Waals surface area contributed by atoms with Crippen LogP contribution in [0, 0.1) is 5.82 Å². The third-order valence-corrected chi connectivity index (χ3v) is 1.94. The minimum Gasteiger partial charge on any atom is -0.303 e. The Morgan fingerprint density at radius 3 is 1.88 bits per heavy atom. The Morgan fingerprint density at radius 1 is 1.19 bits per heavy atom. The van der Waals surface area contributed by atoms with Gasteiger partial charge in [-0.3, -0.25) is 4.55 Å². The van der Waals surface area contributed by atoms with Crippen molar-refractivity contribution in [2.75, 3.05) is 0 Å². The van der Waals surface area contributed by atoms with Crippen molar-refractivity contribution in [3.8, 4) is 0 Å². The smallest absolute Gasteiger partial charge is 0.303 e. The highest BCUT2D eigenvalue weighted by Gasteiger charge is 2.08. The number of rotatable bonds is 1. The molecule has 0 radical (unpaired) electrons. The van der Waals surface area contributed by atoms with E-state index in [-0.39, 0.29) is 0 Å². The molecule has 0 aromatic heterocycles. The van der Waals surface area contributed by atoms with Crippen LogP contribution in [0.2, 0.25) is 0 Å². The first-order valence-electron chi connectivity index (χ1n) is 3.51. The SMILES string of the molecule is O=P(O)(O)O.O=S(=O)(O)c1cccc(F)c1. The number of halogens is 1. The molecule has 0 fully saturated rings. The Balaban J connectivity index is 0.000000385. The van der Waals surface area contributed by atoms with Gasteiger partial charge in [-0.25, -0.2) is 8.96 Å². The first-order chi connectivity index (χ1) is 7.00. The minimum atomic E-state index is -4.64. The summed E-state index contributed by atoms with van der Waals surface area (Å²) < 4.78 is 50.4. The molecule has 10 heteroatoms. The van der Waals surface area contributed by atoms with E-state index in [0.717, 1.165) is 18.2 Å². The zero-order valence-corrected chi connectivity index (χ0v) is 9.27. The lowest BCUT2D eigenvalue weighted by molar-refractivity contribution is 0.275. The van der Waals surface area contributed by atoms with Crippen LogP contribution in [0.3, 0.4) is 0 Å². The molecule has 1 aromatic rings. The molecule has 0 spiro atoms. The Kier molecular flexibility index (Phi) is 5.20. The van der Waals surface area contributed by atoms with Crippen LogP contribution >= 0.6 is 7.82 Å². The van der Waals surface area contributed by atoms with Gasteiger partial charge in [0.1, 0.15) is 5.82 Å². The highest BCUT2D eigenvalue weighted by Crippen LogP contribution is 2.25. The summed E-state index contributed by atoms with van der Waals surface area (Å²) in [5.74, 6) is -0.694. The summed E-state index contributed by atoms with van der Waals surface area (Å²) in [5, 5.41) is 0. The van der Waals surface area contributed by atoms with Gasteiger partial charge in [0.15, 0.2) is 0 Å². The van der Waals surface area contributed by atoms with Gasteiger partial charge in [0.05, 0.1) is 4.90 Å². The van der Waals surface area contributed by atoms with Crippen molar-refractivity contribution in [1.29, 1.82) is 0 Å². The lowest BCUT2D eigenvalue weighted by atomic mass is 10.4. The summed E-state index contributed by atoms with van der Waals surface area (Å²) in [6.45, 7) is 0. The monoisotopic (exact) mass is 274 g/mol. The van der Waals surface area contributed by atoms with E-state index in [1.54, 1.807) is 0 Å². The van der Waals surface area contributed by atoms with Gasteiger partial charge in [-0.1, -0.05) is 6.07 Å². The van der Waals surface area contributed by atoms with E-state index in [4.69, 9.17) is 23.8 Å². The van der Waals surface area contributed by atoms with Gasteiger partial charge in [-0.2, -0.15) is 8.42 Å². The zero-order chi connectivity index (χ0) is 13.0. The van der Waals surface area contributed by atoms with E-state index in [2.05, 4.69) is 0 Å². The predicted octanol–water partition coefficient (Wildman–Crippen LogP) is 0.144. The van der Waals surface area contributed by atoms with Crippen LogP contribution < -0.4 is 0 Å². The fraction of sp³-hybridized carbons (Fsp3) is 0. The minimum absolute atomic E-state index is 0.433. The molecule has 0 saturated heterocycles. The fourth-order valence-electron chi connectivity index (χ4n) is 0.627. The van der Waals surface area contributed by atoms with Gasteiger partial charge in [0, 0.05) is 0 Å². The second kappa shape index (κ2) is 5.48. The van der Waals surface area contributed by atoms with Crippen LogP contribution in [-0.2, 0) is 14.7 Å². The second-order valence-corrected chi connectivity index (χ2v) is 4.89. The molecule has 0 heterocycles. The number of phosphoric acid groups is 1. The van der Waals surface area contributed by atoms with E-state index in [0.29, 0.717) is 0 Å². The average Bonchev–Trinajstić information content (AvgIpc) is 1.99. The molecule has 7 nitrogen and oxygen atoms in total. The molecule has 1 aromatic carbocycles. The molecule has 0 unspecified atom stereocenters. The highest BCUT2D eigenvalue weighted by atomic mass is 32.2. The fourth-order valence-corrected chi connectivity index (χ4v) is 1.14. The molecule has 4 N–H and O–H groups in total. The summed E-state index contributed by atoms with van der Waals surface area (Å²) in [6.07, 6.45) is 0. The van der Waals surface area contributed by atoms with E-state index in [9.17, 15) is 12.8 Å². The van der Waals surface area contributed by atoms with Crippen LogP contribution in [0.5, 0.6) is 0 Å². The van der Waals surface area contributed by atoms with Crippen molar-refractivity contribution >= 4 is 17.9 Å². The summed E-state index contributed by atoms with van der Waals surface area (Å²) >= 11 is 0. The first kappa shape index (κ1) is 15.2. The zero-order valence-electron chi connectivity index (χ0n) is 7.56. The largest absolute Gasteiger partial charge is 0.466 e. The third-order valence-electron chi connectivity index (χ3n) is 1.09. The summed E-state index contributed by atoms with van der Waals surface area (Å²) in [4.78, 5) is 21.1. The lowest BCUT2D eigenvalue weighted by Crippen LogP contribution is -1.97. The lowest BCUT2D eigenvalue weighted by Gasteiger charge is -1.94. The Labute approximate surface area is 90.2 Å². The van der Waals surface area contributed by atoms with E-state index < -0.39 is 28.7 Å². The molecule has 92 valence electrons. The summed E-state index contributed by atoms with van der Waals surface area (Å²) in [7, 11) is -8.90. The number of hydrogen-bond acceptors (Lipinski definition) is 3. The van der Waals surface area contributed by atoms with E-state index >= 15 is 0 Å². The molecule has 0 atom stereocenters. The van der Waals surface area contributed by atoms with Gasteiger partial charge in [-0.15, -0.1) is 0 Å². The Hall–Kier alpha value is -0.830. The molecule has 0 saturated carbocycles. The van der Waals surface area contributed by atoms with Crippen molar-refractivity contribution in [1.82, 2.24) is 0 Å². The van der Waals surface area contributed by atoms with Crippen LogP contribution in [-0.4, -0.2) is 27.7 Å². The predicted molar refractivity (Wildman–Crippen MR) is 50.5 cm³/mol. The van der Waals surface area contributed by atoms with Crippen molar-refractivity contribution in [2.24, 2.45) is 0 Å². The van der Waals surface area contributed by atoms with Gasteiger partial charge in [-0.05, 0) is 18.2 Å². The van der Waals surface area contributed by atoms with Crippen molar-refractivity contribution < 1.29 is 36.6 Å². The van der Waals surface area contributed by atoms with Crippen molar-refractivity contribution in [2.45, 2.75) is 4.90 Å². The van der Waals surface area contributed by atoms with Crippen LogP contribution in [0.15, 0.2) is 29.2 Å². The summed E-state index contributed by atoms with van der Waals surface area (Å²) in [6, 6.07) is 4.15. The quantitative estimate of drug-likeness (QED) is 0.423. The Morgan fingerprint density at radius 2 is 1.62 bits per heavy atom. The summed E-state index contributed by atoms with van der Waals surface area (Å²) in [5.41, 5.74) is 0. The maximum absolute atomic E-state index is 12.3. The van der Waals surface area contributed by atoms with Gasteiger partial charge < -0.3 is 14.7 Å². The maximum atomic E-state index is 12.3. The van der Waals surface area contributed by atoms with Crippen molar-refractivity contribution in [3.63, 3.8) is 0 Å². The van der Waals surface area contributed by atoms with E-state index in [1.807, 2.05) is 0 Å². The molecule has 0 aliphatic carbocycles. The molecule has 0 amide bonds. The van der Waals surface area contributed by atoms with Gasteiger partial charge in [0.25, 0.3) is 10.1 Å². The molecule has 16 heavy (non-hydrogen) atoms. The average molecular weight is 274 g/mol. The van der Waals surface area contributed by atoms with Gasteiger partial charge in [0.2, 0.25) is 0 Å². The maximum Gasteiger partial charge on any atom is 0.466 e. The third kappa shape index (κ3) is 8.48. The second-order valence-electron chi connectivity index (χ2n) is 2.45. The standard InChI is InChI=1S/C6H5FO3S.H3O4P/c7-5-2-1-3-6(4-5)11(8,9)10;1-5(2,3)4/h1-4H,(H,8,9,10);(H3,1,2,3,4). The van der Waals surface area contributed by atoms with Crippen LogP contribution in [0.4, 0.5) is 4.39 Å². The molecular weight excluding hydrogens is 266 g/mol. The molecule has 0 aliphatic heterocycles. The van der Waals surface area contributed by atoms with E-state index in [1.165, 1.54) is 6.07 Å². The van der Waals surface area contributed by atoms with Crippen LogP contribution in [0.25, 0.3) is 0 Å². The number of benzene rings is 1. The Bertz CT molecular complexity index is 485.